The van der Waals surface area contributed by atoms with Crippen LogP contribution in [0.15, 0.2) is 60.2 Å². The lowest BCUT2D eigenvalue weighted by Gasteiger charge is -2.12. The molecule has 0 aromatic heterocycles. The third-order valence-corrected chi connectivity index (χ3v) is 3.90. The molecule has 0 aliphatic heterocycles. The molecule has 3 nitrogen and oxygen atoms in total. The maximum atomic E-state index is 12.0. The molecule has 3 rings (SSSR count). The first-order valence-electron chi connectivity index (χ1n) is 7.83. The monoisotopic (exact) mass is 306 g/mol. The summed E-state index contributed by atoms with van der Waals surface area (Å²) in [6, 6.07) is 16.1. The Hall–Kier alpha value is -2.68. The van der Waals surface area contributed by atoms with E-state index < -0.39 is 0 Å². The summed E-state index contributed by atoms with van der Waals surface area (Å²) >= 11 is 0. The van der Waals surface area contributed by atoms with E-state index in [-0.39, 0.29) is 11.8 Å². The predicted octanol–water partition coefficient (Wildman–Crippen LogP) is 4.43. The number of ketones is 1. The van der Waals surface area contributed by atoms with Crippen LogP contribution < -0.4 is 4.74 Å². The van der Waals surface area contributed by atoms with E-state index in [9.17, 15) is 9.59 Å². The molecular formula is C20H18O3. The molecule has 0 amide bonds. The van der Waals surface area contributed by atoms with Crippen LogP contribution in [0.2, 0.25) is 0 Å². The van der Waals surface area contributed by atoms with Crippen molar-refractivity contribution in [1.82, 2.24) is 0 Å². The van der Waals surface area contributed by atoms with Crippen molar-refractivity contribution in [3.05, 3.63) is 71.3 Å². The fourth-order valence-electron chi connectivity index (χ4n) is 2.63. The minimum Gasteiger partial charge on any atom is -0.423 e. The number of carbonyl (C=O) groups excluding carboxylic acids is 2. The number of ether oxygens (including phenoxy) is 1. The smallest absolute Gasteiger partial charge is 0.343 e. The topological polar surface area (TPSA) is 43.4 Å². The Morgan fingerprint density at radius 1 is 0.913 bits per heavy atom. The summed E-state index contributed by atoms with van der Waals surface area (Å²) in [5, 5.41) is 0. The number of esters is 1. The summed E-state index contributed by atoms with van der Waals surface area (Å²) in [6.07, 6.45) is 5.50. The van der Waals surface area contributed by atoms with Crippen LogP contribution in [0, 0.1) is 0 Å². The quantitative estimate of drug-likeness (QED) is 0.478. The van der Waals surface area contributed by atoms with Gasteiger partial charge in [-0.25, -0.2) is 4.79 Å². The molecule has 0 heterocycles. The second-order valence-corrected chi connectivity index (χ2v) is 5.62. The fourth-order valence-corrected chi connectivity index (χ4v) is 2.63. The molecule has 2 aromatic carbocycles. The Morgan fingerprint density at radius 2 is 1.61 bits per heavy atom. The molecule has 0 radical (unpaired) electrons. The highest BCUT2D eigenvalue weighted by molar-refractivity contribution is 6.00. The average molecular weight is 306 g/mol. The van der Waals surface area contributed by atoms with Crippen molar-refractivity contribution in [2.45, 2.75) is 25.7 Å². The van der Waals surface area contributed by atoms with E-state index in [2.05, 4.69) is 0 Å². The number of Topliss-reactive ketones (excluding diaryl/α,β-unsaturated/α-hetero) is 1. The van der Waals surface area contributed by atoms with Gasteiger partial charge in [-0.15, -0.1) is 0 Å². The number of rotatable bonds is 3. The first-order chi connectivity index (χ1) is 11.2. The fraction of sp³-hybridized carbons (Fsp3) is 0.200. The van der Waals surface area contributed by atoms with Gasteiger partial charge < -0.3 is 4.74 Å². The van der Waals surface area contributed by atoms with Crippen molar-refractivity contribution in [2.75, 3.05) is 0 Å². The van der Waals surface area contributed by atoms with Gasteiger partial charge in [0.15, 0.2) is 5.78 Å². The molecule has 0 saturated heterocycles. The molecule has 3 heteroatoms. The predicted molar refractivity (Wildman–Crippen MR) is 89.3 cm³/mol. The summed E-state index contributed by atoms with van der Waals surface area (Å²) in [6.45, 7) is 0. The van der Waals surface area contributed by atoms with E-state index >= 15 is 0 Å². The van der Waals surface area contributed by atoms with E-state index in [1.165, 1.54) is 0 Å². The largest absolute Gasteiger partial charge is 0.423 e. The minimum atomic E-state index is -0.376. The maximum absolute atomic E-state index is 12.0. The highest BCUT2D eigenvalue weighted by Crippen LogP contribution is 2.23. The van der Waals surface area contributed by atoms with E-state index in [1.54, 1.807) is 36.4 Å². The van der Waals surface area contributed by atoms with Crippen molar-refractivity contribution in [1.29, 1.82) is 0 Å². The van der Waals surface area contributed by atoms with Gasteiger partial charge in [-0.3, -0.25) is 4.79 Å². The maximum Gasteiger partial charge on any atom is 0.343 e. The standard InChI is InChI=1S/C20H18O3/c21-19-9-5-4-8-17(19)14-15-10-12-18(13-11-15)23-20(22)16-6-2-1-3-7-16/h1-3,6-7,10-14H,4-5,8-9H2/b17-14+. The number of benzene rings is 2. The highest BCUT2D eigenvalue weighted by atomic mass is 16.5. The summed E-state index contributed by atoms with van der Waals surface area (Å²) < 4.78 is 5.34. The van der Waals surface area contributed by atoms with E-state index in [1.807, 2.05) is 24.3 Å². The van der Waals surface area contributed by atoms with E-state index in [4.69, 9.17) is 4.74 Å². The zero-order chi connectivity index (χ0) is 16.1. The lowest BCUT2D eigenvalue weighted by Crippen LogP contribution is -2.08. The Balaban J connectivity index is 1.69. The molecule has 1 fully saturated rings. The molecule has 23 heavy (non-hydrogen) atoms. The molecule has 0 unspecified atom stereocenters. The summed E-state index contributed by atoms with van der Waals surface area (Å²) in [4.78, 5) is 23.8. The molecule has 1 aliphatic rings. The lowest BCUT2D eigenvalue weighted by atomic mass is 9.92. The molecular weight excluding hydrogens is 288 g/mol. The molecule has 0 spiro atoms. The Bertz CT molecular complexity index is 727. The molecule has 0 bridgehead atoms. The van der Waals surface area contributed by atoms with Crippen LogP contribution in [-0.4, -0.2) is 11.8 Å². The zero-order valence-electron chi connectivity index (χ0n) is 12.8. The van der Waals surface area contributed by atoms with Crippen LogP contribution in [0.1, 0.15) is 41.6 Å². The second kappa shape index (κ2) is 7.05. The van der Waals surface area contributed by atoms with Crippen molar-refractivity contribution < 1.29 is 14.3 Å². The third kappa shape index (κ3) is 3.95. The van der Waals surface area contributed by atoms with Gasteiger partial charge in [0.2, 0.25) is 0 Å². The van der Waals surface area contributed by atoms with Crippen LogP contribution in [-0.2, 0) is 4.79 Å². The van der Waals surface area contributed by atoms with Crippen LogP contribution >= 0.6 is 0 Å². The Labute approximate surface area is 135 Å². The van der Waals surface area contributed by atoms with E-state index in [0.29, 0.717) is 17.7 Å². The Morgan fingerprint density at radius 3 is 2.30 bits per heavy atom. The first kappa shape index (κ1) is 15.2. The number of hydrogen-bond donors (Lipinski definition) is 0. The van der Waals surface area contributed by atoms with Crippen molar-refractivity contribution in [3.8, 4) is 5.75 Å². The van der Waals surface area contributed by atoms with Crippen LogP contribution in [0.3, 0.4) is 0 Å². The van der Waals surface area contributed by atoms with Crippen LogP contribution in [0.5, 0.6) is 5.75 Å². The third-order valence-electron chi connectivity index (χ3n) is 3.90. The normalized spacial score (nSPS) is 16.3. The number of allylic oxidation sites excluding steroid dienone is 1. The highest BCUT2D eigenvalue weighted by Gasteiger charge is 2.14. The van der Waals surface area contributed by atoms with Crippen LogP contribution in [0.4, 0.5) is 0 Å². The molecule has 1 aliphatic carbocycles. The average Bonchev–Trinajstić information content (AvgIpc) is 2.59. The Kier molecular flexibility index (Phi) is 4.67. The van der Waals surface area contributed by atoms with E-state index in [0.717, 1.165) is 30.4 Å². The van der Waals surface area contributed by atoms with Crippen LogP contribution in [0.25, 0.3) is 6.08 Å². The van der Waals surface area contributed by atoms with Gasteiger partial charge in [-0.05, 0) is 60.7 Å². The van der Waals surface area contributed by atoms with Gasteiger partial charge in [-0.1, -0.05) is 30.3 Å². The summed E-state index contributed by atoms with van der Waals surface area (Å²) in [5.41, 5.74) is 2.37. The lowest BCUT2D eigenvalue weighted by molar-refractivity contribution is -0.116. The SMILES string of the molecule is O=C1CCCC/C1=C\c1ccc(OC(=O)c2ccccc2)cc1. The molecule has 0 N–H and O–H groups in total. The number of carbonyl (C=O) groups is 2. The molecule has 1 saturated carbocycles. The summed E-state index contributed by atoms with van der Waals surface area (Å²) in [5.74, 6) is 0.367. The molecule has 0 atom stereocenters. The van der Waals surface area contributed by atoms with Gasteiger partial charge in [0, 0.05) is 6.42 Å². The zero-order valence-corrected chi connectivity index (χ0v) is 12.8. The van der Waals surface area contributed by atoms with Gasteiger partial charge >= 0.3 is 5.97 Å². The van der Waals surface area contributed by atoms with Crippen molar-refractivity contribution in [3.63, 3.8) is 0 Å². The van der Waals surface area contributed by atoms with Crippen molar-refractivity contribution in [2.24, 2.45) is 0 Å². The van der Waals surface area contributed by atoms with Crippen molar-refractivity contribution >= 4 is 17.8 Å². The minimum absolute atomic E-state index is 0.246. The van der Waals surface area contributed by atoms with Gasteiger partial charge in [0.05, 0.1) is 5.56 Å². The molecule has 116 valence electrons. The first-order valence-corrected chi connectivity index (χ1v) is 7.83. The van der Waals surface area contributed by atoms with Gasteiger partial charge in [-0.2, -0.15) is 0 Å². The number of hydrogen-bond acceptors (Lipinski definition) is 3. The van der Waals surface area contributed by atoms with Gasteiger partial charge in [0.25, 0.3) is 0 Å². The van der Waals surface area contributed by atoms with Gasteiger partial charge in [0.1, 0.15) is 5.75 Å². The second-order valence-electron chi connectivity index (χ2n) is 5.62. The summed E-state index contributed by atoms with van der Waals surface area (Å²) in [7, 11) is 0. The molecule has 2 aromatic rings.